The van der Waals surface area contributed by atoms with Gasteiger partial charge in [0.2, 0.25) is 0 Å². The third-order valence-electron chi connectivity index (χ3n) is 3.71. The van der Waals surface area contributed by atoms with Crippen molar-refractivity contribution in [2.24, 2.45) is 0 Å². The number of amides is 1. The van der Waals surface area contributed by atoms with Crippen LogP contribution < -0.4 is 5.32 Å². The molecule has 0 unspecified atom stereocenters. The summed E-state index contributed by atoms with van der Waals surface area (Å²) >= 11 is 0. The summed E-state index contributed by atoms with van der Waals surface area (Å²) in [6.07, 6.45) is 2.43. The van der Waals surface area contributed by atoms with E-state index in [1.54, 1.807) is 13.0 Å². The van der Waals surface area contributed by atoms with Crippen LogP contribution in [-0.2, 0) is 4.79 Å². The predicted octanol–water partition coefficient (Wildman–Crippen LogP) is 3.08. The van der Waals surface area contributed by atoms with Crippen molar-refractivity contribution in [2.75, 3.05) is 5.32 Å². The molecule has 2 aromatic rings. The fourth-order valence-corrected chi connectivity index (χ4v) is 2.57. The summed E-state index contributed by atoms with van der Waals surface area (Å²) in [5.41, 5.74) is 4.35. The highest BCUT2D eigenvalue weighted by Gasteiger charge is 2.25. The van der Waals surface area contributed by atoms with Gasteiger partial charge in [0.05, 0.1) is 5.69 Å². The molecule has 21 heavy (non-hydrogen) atoms. The van der Waals surface area contributed by atoms with Crippen LogP contribution in [0.15, 0.2) is 18.2 Å². The van der Waals surface area contributed by atoms with Crippen LogP contribution in [0, 0.1) is 19.7 Å². The first-order valence-electron chi connectivity index (χ1n) is 6.48. The summed E-state index contributed by atoms with van der Waals surface area (Å²) in [5.74, 6) is -0.671. The minimum atomic E-state index is -0.396. The Morgan fingerprint density at radius 2 is 2.00 bits per heavy atom. The average molecular weight is 284 g/mol. The smallest absolute Gasteiger partial charge is 0.256 e. The lowest BCUT2D eigenvalue weighted by molar-refractivity contribution is -0.110. The Kier molecular flexibility index (Phi) is 2.97. The molecule has 4 nitrogen and oxygen atoms in total. The number of anilines is 1. The number of hydrogen-bond acceptors (Lipinski definition) is 2. The number of aromatic nitrogens is 1. The molecule has 1 aliphatic rings. The van der Waals surface area contributed by atoms with Crippen LogP contribution in [0.2, 0.25) is 0 Å². The van der Waals surface area contributed by atoms with Gasteiger partial charge in [-0.2, -0.15) is 0 Å². The van der Waals surface area contributed by atoms with Crippen molar-refractivity contribution in [1.29, 1.82) is 0 Å². The van der Waals surface area contributed by atoms with Crippen LogP contribution in [-0.4, -0.2) is 17.2 Å². The molecule has 0 saturated carbocycles. The number of H-pyrrole nitrogens is 1. The first-order valence-corrected chi connectivity index (χ1v) is 6.48. The molecule has 0 spiro atoms. The molecule has 0 bridgehead atoms. The molecular formula is C16H13FN2O2. The molecule has 1 aliphatic heterocycles. The largest absolute Gasteiger partial charge is 0.356 e. The molecular weight excluding hydrogens is 271 g/mol. The summed E-state index contributed by atoms with van der Waals surface area (Å²) in [5, 5.41) is 2.70. The minimum absolute atomic E-state index is 0.275. The second-order valence-electron chi connectivity index (χ2n) is 5.02. The van der Waals surface area contributed by atoms with Gasteiger partial charge in [0, 0.05) is 22.5 Å². The van der Waals surface area contributed by atoms with Crippen LogP contribution >= 0.6 is 0 Å². The third kappa shape index (κ3) is 2.07. The van der Waals surface area contributed by atoms with Gasteiger partial charge >= 0.3 is 0 Å². The quantitative estimate of drug-likeness (QED) is 0.657. The molecule has 5 heteroatoms. The third-order valence-corrected chi connectivity index (χ3v) is 3.71. The van der Waals surface area contributed by atoms with Gasteiger partial charge in [0.15, 0.2) is 6.29 Å². The fourth-order valence-electron chi connectivity index (χ4n) is 2.57. The molecule has 0 radical (unpaired) electrons. The van der Waals surface area contributed by atoms with Gasteiger partial charge in [0.1, 0.15) is 5.82 Å². The van der Waals surface area contributed by atoms with Gasteiger partial charge in [-0.25, -0.2) is 4.39 Å². The number of fused-ring (bicyclic) bond motifs is 1. The molecule has 0 aliphatic carbocycles. The highest BCUT2D eigenvalue weighted by molar-refractivity contribution is 6.35. The zero-order valence-electron chi connectivity index (χ0n) is 11.6. The first kappa shape index (κ1) is 13.3. The zero-order valence-corrected chi connectivity index (χ0v) is 11.6. The average Bonchev–Trinajstić information content (AvgIpc) is 2.90. The Bertz CT molecular complexity index is 803. The van der Waals surface area contributed by atoms with E-state index in [2.05, 4.69) is 10.3 Å². The van der Waals surface area contributed by atoms with E-state index in [-0.39, 0.29) is 5.91 Å². The van der Waals surface area contributed by atoms with Crippen molar-refractivity contribution < 1.29 is 14.0 Å². The number of nitrogens with one attached hydrogen (secondary N) is 2. The van der Waals surface area contributed by atoms with Gasteiger partial charge in [-0.3, -0.25) is 9.59 Å². The lowest BCUT2D eigenvalue weighted by Crippen LogP contribution is -2.03. The Balaban J connectivity index is 2.17. The van der Waals surface area contributed by atoms with E-state index < -0.39 is 5.82 Å². The summed E-state index contributed by atoms with van der Waals surface area (Å²) in [6.45, 7) is 3.63. The van der Waals surface area contributed by atoms with Gasteiger partial charge in [0.25, 0.3) is 5.91 Å². The molecule has 0 atom stereocenters. The van der Waals surface area contributed by atoms with E-state index in [0.717, 1.165) is 23.1 Å². The summed E-state index contributed by atoms with van der Waals surface area (Å²) < 4.78 is 13.4. The Labute approximate surface area is 120 Å². The number of benzene rings is 1. The SMILES string of the molecule is Cc1[nH]c(C=O)c(C)c1C=C1C(=O)Nc2ccc(F)cc21. The Hall–Kier alpha value is -2.69. The van der Waals surface area contributed by atoms with Crippen LogP contribution in [0.5, 0.6) is 0 Å². The van der Waals surface area contributed by atoms with Crippen molar-refractivity contribution in [3.8, 4) is 0 Å². The van der Waals surface area contributed by atoms with E-state index in [1.807, 2.05) is 6.92 Å². The molecule has 2 heterocycles. The van der Waals surface area contributed by atoms with Crippen molar-refractivity contribution in [3.05, 3.63) is 52.1 Å². The van der Waals surface area contributed by atoms with Gasteiger partial charge < -0.3 is 10.3 Å². The van der Waals surface area contributed by atoms with Gasteiger partial charge in [-0.05, 0) is 49.2 Å². The number of hydrogen-bond donors (Lipinski definition) is 2. The number of carbonyl (C=O) groups excluding carboxylic acids is 2. The number of rotatable bonds is 2. The van der Waals surface area contributed by atoms with E-state index in [9.17, 15) is 14.0 Å². The van der Waals surface area contributed by atoms with Crippen molar-refractivity contribution in [1.82, 2.24) is 4.98 Å². The van der Waals surface area contributed by atoms with Crippen LogP contribution in [0.4, 0.5) is 10.1 Å². The molecule has 1 aromatic carbocycles. The Morgan fingerprint density at radius 1 is 1.24 bits per heavy atom. The zero-order chi connectivity index (χ0) is 15.1. The molecule has 1 aromatic heterocycles. The van der Waals surface area contributed by atoms with Crippen LogP contribution in [0.1, 0.15) is 32.9 Å². The second-order valence-corrected chi connectivity index (χ2v) is 5.02. The van der Waals surface area contributed by atoms with Crippen molar-refractivity contribution >= 4 is 29.5 Å². The number of aldehydes is 1. The van der Waals surface area contributed by atoms with Gasteiger partial charge in [-0.1, -0.05) is 0 Å². The monoisotopic (exact) mass is 284 g/mol. The van der Waals surface area contributed by atoms with Crippen LogP contribution in [0.25, 0.3) is 11.6 Å². The van der Waals surface area contributed by atoms with Gasteiger partial charge in [-0.15, -0.1) is 0 Å². The number of carbonyl (C=O) groups is 2. The summed E-state index contributed by atoms with van der Waals surface area (Å²) in [4.78, 5) is 26.0. The topological polar surface area (TPSA) is 62.0 Å². The normalized spacial score (nSPS) is 15.2. The lowest BCUT2D eigenvalue weighted by Gasteiger charge is -2.00. The maximum Gasteiger partial charge on any atom is 0.256 e. The number of aromatic amines is 1. The maximum absolute atomic E-state index is 13.4. The predicted molar refractivity (Wildman–Crippen MR) is 78.6 cm³/mol. The van der Waals surface area contributed by atoms with E-state index in [0.29, 0.717) is 22.5 Å². The minimum Gasteiger partial charge on any atom is -0.356 e. The molecule has 0 fully saturated rings. The molecule has 106 valence electrons. The standard InChI is InChI=1S/C16H13FN2O2/c1-8-11(9(2)18-15(8)7-20)6-13-12-5-10(17)3-4-14(12)19-16(13)21/h3-7,18H,1-2H3,(H,19,21). The molecule has 1 amide bonds. The Morgan fingerprint density at radius 3 is 2.67 bits per heavy atom. The second kappa shape index (κ2) is 4.70. The highest BCUT2D eigenvalue weighted by Crippen LogP contribution is 2.34. The number of halogens is 1. The lowest BCUT2D eigenvalue weighted by atomic mass is 10.0. The van der Waals surface area contributed by atoms with E-state index in [1.165, 1.54) is 18.2 Å². The van der Waals surface area contributed by atoms with E-state index >= 15 is 0 Å². The van der Waals surface area contributed by atoms with Crippen molar-refractivity contribution in [2.45, 2.75) is 13.8 Å². The number of aryl methyl sites for hydroxylation is 1. The molecule has 0 saturated heterocycles. The van der Waals surface area contributed by atoms with Crippen molar-refractivity contribution in [3.63, 3.8) is 0 Å². The molecule has 2 N–H and O–H groups in total. The first-order chi connectivity index (χ1) is 10.0. The summed E-state index contributed by atoms with van der Waals surface area (Å²) in [7, 11) is 0. The maximum atomic E-state index is 13.4. The highest BCUT2D eigenvalue weighted by atomic mass is 19.1. The molecule has 3 rings (SSSR count). The fraction of sp³-hybridized carbons (Fsp3) is 0.125. The van der Waals surface area contributed by atoms with E-state index in [4.69, 9.17) is 0 Å². The van der Waals surface area contributed by atoms with Crippen LogP contribution in [0.3, 0.4) is 0 Å². The summed E-state index contributed by atoms with van der Waals surface area (Å²) in [6, 6.07) is 4.17.